The number of imide groups is 1. The molecule has 0 saturated carbocycles. The zero-order chi connectivity index (χ0) is 28.6. The fourth-order valence-corrected chi connectivity index (χ4v) is 7.44. The molecule has 4 atom stereocenters. The first-order valence-corrected chi connectivity index (χ1v) is 14.2. The van der Waals surface area contributed by atoms with E-state index in [-0.39, 0.29) is 35.6 Å². The Kier molecular flexibility index (Phi) is 5.72. The fraction of sp³-hybridized carbons (Fsp3) is 0.257. The van der Waals surface area contributed by atoms with Gasteiger partial charge in [-0.3, -0.25) is 24.1 Å². The predicted octanol–water partition coefficient (Wildman–Crippen LogP) is 5.74. The average Bonchev–Trinajstić information content (AvgIpc) is 3.24. The number of ketones is 2. The smallest absolute Gasteiger partial charge is 0.238 e. The number of fused-ring (bicyclic) bond motifs is 4. The fourth-order valence-electron chi connectivity index (χ4n) is 7.44. The summed E-state index contributed by atoms with van der Waals surface area (Å²) in [5.41, 5.74) is 4.18. The molecule has 3 aromatic rings. The number of aromatic hydroxyl groups is 1. The molecule has 0 spiro atoms. The molecule has 4 aliphatic rings. The van der Waals surface area contributed by atoms with Crippen LogP contribution in [0.2, 0.25) is 0 Å². The molecule has 0 unspecified atom stereocenters. The van der Waals surface area contributed by atoms with Gasteiger partial charge in [0.1, 0.15) is 5.75 Å². The van der Waals surface area contributed by atoms with Crippen molar-refractivity contribution in [3.05, 3.63) is 106 Å². The van der Waals surface area contributed by atoms with Crippen molar-refractivity contribution in [2.75, 3.05) is 4.90 Å². The number of carbonyl (C=O) groups excluding carboxylic acids is 4. The van der Waals surface area contributed by atoms with Crippen molar-refractivity contribution in [3.63, 3.8) is 0 Å². The highest BCUT2D eigenvalue weighted by Gasteiger charge is 2.57. The molecular weight excluding hydrogens is 514 g/mol. The van der Waals surface area contributed by atoms with Crippen LogP contribution in [0.5, 0.6) is 5.75 Å². The quantitative estimate of drug-likeness (QED) is 0.258. The van der Waals surface area contributed by atoms with Gasteiger partial charge >= 0.3 is 0 Å². The van der Waals surface area contributed by atoms with Crippen LogP contribution in [-0.2, 0) is 25.6 Å². The standard InChI is InChI=1S/C35H29NO5/c1-3-19-8-11-21(12-9-19)36-34(40)24-14-13-23-25(29(24)35(36)41)17-26-31(28(38)16-18(2)33(26)39)32(23)30-22-7-5-4-6-20(22)10-15-27(30)37/h4-13,15-16,24-25,29,32,37H,3,14,17H2,1-2H3/t24-,25+,29-,32+/m0/s1. The van der Waals surface area contributed by atoms with Crippen LogP contribution in [0.1, 0.15) is 43.7 Å². The number of benzene rings is 3. The van der Waals surface area contributed by atoms with E-state index in [1.807, 2.05) is 67.6 Å². The Morgan fingerprint density at radius 1 is 0.902 bits per heavy atom. The van der Waals surface area contributed by atoms with Crippen molar-refractivity contribution in [2.45, 2.75) is 39.0 Å². The molecule has 0 radical (unpaired) electrons. The Balaban J connectivity index is 1.40. The molecule has 1 fully saturated rings. The van der Waals surface area contributed by atoms with E-state index in [0.29, 0.717) is 34.4 Å². The number of Topliss-reactive ketones (excluding diaryl/α,β-unsaturated/α-hetero) is 1. The zero-order valence-corrected chi connectivity index (χ0v) is 22.9. The number of amides is 2. The van der Waals surface area contributed by atoms with Crippen LogP contribution in [0.25, 0.3) is 10.8 Å². The number of hydrogen-bond donors (Lipinski definition) is 1. The SMILES string of the molecule is CCc1ccc(N2C(=O)[C@H]3[C@H](CC=C4[C@H](c5c(O)ccc6ccccc56)C5=C(C[C@H]43)C(=O)C(C)=CC5=O)C2=O)cc1. The van der Waals surface area contributed by atoms with Gasteiger partial charge in [0.2, 0.25) is 11.8 Å². The molecule has 41 heavy (non-hydrogen) atoms. The van der Waals surface area contributed by atoms with Gasteiger partial charge in [-0.2, -0.15) is 0 Å². The predicted molar refractivity (Wildman–Crippen MR) is 155 cm³/mol. The third kappa shape index (κ3) is 3.63. The van der Waals surface area contributed by atoms with E-state index in [1.54, 1.807) is 13.0 Å². The monoisotopic (exact) mass is 543 g/mol. The summed E-state index contributed by atoms with van der Waals surface area (Å²) < 4.78 is 0. The van der Waals surface area contributed by atoms with Crippen LogP contribution in [-0.4, -0.2) is 28.5 Å². The van der Waals surface area contributed by atoms with Crippen LogP contribution in [0.3, 0.4) is 0 Å². The number of phenolic OH excluding ortho intramolecular Hbond substituents is 1. The molecule has 1 saturated heterocycles. The molecule has 1 heterocycles. The maximum Gasteiger partial charge on any atom is 0.238 e. The lowest BCUT2D eigenvalue weighted by atomic mass is 9.59. The second-order valence-electron chi connectivity index (χ2n) is 11.5. The Hall–Kier alpha value is -4.58. The Bertz CT molecular complexity index is 1790. The van der Waals surface area contributed by atoms with E-state index in [1.165, 1.54) is 11.0 Å². The summed E-state index contributed by atoms with van der Waals surface area (Å²) in [6.07, 6.45) is 4.78. The van der Waals surface area contributed by atoms with Gasteiger partial charge < -0.3 is 5.11 Å². The van der Waals surface area contributed by atoms with Gasteiger partial charge in [-0.15, -0.1) is 0 Å². The van der Waals surface area contributed by atoms with Gasteiger partial charge in [-0.25, -0.2) is 0 Å². The first kappa shape index (κ1) is 25.4. The molecule has 7 rings (SSSR count). The highest BCUT2D eigenvalue weighted by Crippen LogP contribution is 2.57. The number of rotatable bonds is 3. The van der Waals surface area contributed by atoms with Gasteiger partial charge in [-0.1, -0.05) is 61.0 Å². The molecule has 6 nitrogen and oxygen atoms in total. The topological polar surface area (TPSA) is 91.8 Å². The third-order valence-corrected chi connectivity index (χ3v) is 9.40. The highest BCUT2D eigenvalue weighted by atomic mass is 16.3. The lowest BCUT2D eigenvalue weighted by Gasteiger charge is -2.42. The zero-order valence-electron chi connectivity index (χ0n) is 22.9. The van der Waals surface area contributed by atoms with Crippen molar-refractivity contribution >= 4 is 39.8 Å². The summed E-state index contributed by atoms with van der Waals surface area (Å²) in [7, 11) is 0. The Morgan fingerprint density at radius 3 is 2.41 bits per heavy atom. The minimum Gasteiger partial charge on any atom is -0.508 e. The summed E-state index contributed by atoms with van der Waals surface area (Å²) >= 11 is 0. The maximum absolute atomic E-state index is 14.1. The number of phenols is 1. The second-order valence-corrected chi connectivity index (χ2v) is 11.5. The number of allylic oxidation sites excluding steroid dienone is 6. The van der Waals surface area contributed by atoms with Crippen molar-refractivity contribution in [2.24, 2.45) is 17.8 Å². The number of aryl methyl sites for hydroxylation is 1. The average molecular weight is 544 g/mol. The summed E-state index contributed by atoms with van der Waals surface area (Å²) in [5.74, 6) is -3.28. The van der Waals surface area contributed by atoms with E-state index in [0.717, 1.165) is 28.3 Å². The number of hydrogen-bond acceptors (Lipinski definition) is 5. The number of anilines is 1. The lowest BCUT2D eigenvalue weighted by Crippen LogP contribution is -2.39. The molecule has 1 N–H and O–H groups in total. The molecule has 3 aliphatic carbocycles. The van der Waals surface area contributed by atoms with Crippen molar-refractivity contribution in [3.8, 4) is 5.75 Å². The van der Waals surface area contributed by atoms with E-state index in [2.05, 4.69) is 0 Å². The van der Waals surface area contributed by atoms with Gasteiger partial charge in [0.15, 0.2) is 11.6 Å². The van der Waals surface area contributed by atoms with Gasteiger partial charge in [0.25, 0.3) is 0 Å². The number of carbonyl (C=O) groups is 4. The van der Waals surface area contributed by atoms with Crippen molar-refractivity contribution in [1.29, 1.82) is 0 Å². The van der Waals surface area contributed by atoms with Crippen molar-refractivity contribution < 1.29 is 24.3 Å². The third-order valence-electron chi connectivity index (χ3n) is 9.40. The second kappa shape index (κ2) is 9.23. The summed E-state index contributed by atoms with van der Waals surface area (Å²) in [6.45, 7) is 3.68. The van der Waals surface area contributed by atoms with Gasteiger partial charge in [-0.05, 0) is 72.7 Å². The molecule has 0 aromatic heterocycles. The van der Waals surface area contributed by atoms with Crippen LogP contribution < -0.4 is 4.90 Å². The van der Waals surface area contributed by atoms with Crippen LogP contribution in [0, 0.1) is 17.8 Å². The van der Waals surface area contributed by atoms with Gasteiger partial charge in [0.05, 0.1) is 17.5 Å². The molecular formula is C35H29NO5. The summed E-state index contributed by atoms with van der Waals surface area (Å²) in [4.78, 5) is 56.3. The summed E-state index contributed by atoms with van der Waals surface area (Å²) in [5, 5.41) is 13.0. The largest absolute Gasteiger partial charge is 0.508 e. The Labute approximate surface area is 237 Å². The normalized spacial score (nSPS) is 25.7. The van der Waals surface area contributed by atoms with E-state index < -0.39 is 23.7 Å². The molecule has 204 valence electrons. The highest BCUT2D eigenvalue weighted by molar-refractivity contribution is 6.25. The van der Waals surface area contributed by atoms with E-state index >= 15 is 0 Å². The lowest BCUT2D eigenvalue weighted by molar-refractivity contribution is -0.123. The van der Waals surface area contributed by atoms with Gasteiger partial charge in [0, 0.05) is 28.2 Å². The Morgan fingerprint density at radius 2 is 1.66 bits per heavy atom. The number of nitrogens with zero attached hydrogens (tertiary/aromatic N) is 1. The molecule has 3 aromatic carbocycles. The van der Waals surface area contributed by atoms with Crippen LogP contribution >= 0.6 is 0 Å². The summed E-state index contributed by atoms with van der Waals surface area (Å²) in [6, 6.07) is 18.6. The van der Waals surface area contributed by atoms with Crippen LogP contribution in [0.4, 0.5) is 5.69 Å². The first-order valence-electron chi connectivity index (χ1n) is 14.2. The molecule has 6 heteroatoms. The molecule has 0 bridgehead atoms. The van der Waals surface area contributed by atoms with E-state index in [4.69, 9.17) is 0 Å². The minimum atomic E-state index is -0.697. The van der Waals surface area contributed by atoms with Crippen molar-refractivity contribution in [1.82, 2.24) is 0 Å². The molecule has 2 amide bonds. The van der Waals surface area contributed by atoms with E-state index in [9.17, 15) is 24.3 Å². The van der Waals surface area contributed by atoms with Crippen LogP contribution in [0.15, 0.2) is 95.1 Å². The maximum atomic E-state index is 14.1. The first-order chi connectivity index (χ1) is 19.8. The minimum absolute atomic E-state index is 0.0298. The molecule has 1 aliphatic heterocycles.